The van der Waals surface area contributed by atoms with E-state index in [2.05, 4.69) is 24.5 Å². The summed E-state index contributed by atoms with van der Waals surface area (Å²) in [6.45, 7) is 7.99. The monoisotopic (exact) mass is 403 g/mol. The number of carbonyl (C=O) groups excluding carboxylic acids is 3. The lowest BCUT2D eigenvalue weighted by atomic mass is 9.76. The van der Waals surface area contributed by atoms with Gasteiger partial charge in [-0.1, -0.05) is 44.5 Å². The van der Waals surface area contributed by atoms with E-state index in [1.165, 1.54) is 4.90 Å². The van der Waals surface area contributed by atoms with Gasteiger partial charge in [0.25, 0.3) is 0 Å². The number of imide groups is 1. The summed E-state index contributed by atoms with van der Waals surface area (Å²) < 4.78 is 0. The molecule has 2 saturated heterocycles. The summed E-state index contributed by atoms with van der Waals surface area (Å²) in [6.07, 6.45) is 1.39. The van der Waals surface area contributed by atoms with Gasteiger partial charge >= 0.3 is 0 Å². The lowest BCUT2D eigenvalue weighted by Crippen LogP contribution is -2.54. The molecular weight excluding hydrogens is 378 g/mol. The van der Waals surface area contributed by atoms with Crippen molar-refractivity contribution in [1.82, 2.24) is 10.2 Å². The number of likely N-dealkylation sites (tertiary alicyclic amines) is 1. The highest BCUT2D eigenvalue weighted by Gasteiger charge is 2.70. The van der Waals surface area contributed by atoms with E-state index in [1.807, 2.05) is 19.9 Å². The predicted octanol–water partition coefficient (Wildman–Crippen LogP) is 2.91. The van der Waals surface area contributed by atoms with Crippen LogP contribution < -0.4 is 10.6 Å². The number of hydrogen-bond donors (Lipinski definition) is 2. The molecule has 1 aromatic rings. The number of hydrogen-bond acceptors (Lipinski definition) is 4. The van der Waals surface area contributed by atoms with Crippen molar-refractivity contribution in [2.75, 3.05) is 5.32 Å². The third kappa shape index (κ3) is 2.40. The molecule has 2 N–H and O–H groups in total. The maximum absolute atomic E-state index is 13.5. The van der Waals surface area contributed by atoms with Crippen molar-refractivity contribution in [2.45, 2.75) is 58.2 Å². The van der Waals surface area contributed by atoms with Crippen molar-refractivity contribution >= 4 is 35.0 Å². The minimum atomic E-state index is -1.25. The van der Waals surface area contributed by atoms with E-state index >= 15 is 0 Å². The van der Waals surface area contributed by atoms with Crippen LogP contribution in [-0.2, 0) is 19.9 Å². The fraction of sp³-hybridized carbons (Fsp3) is 0.571. The molecule has 0 radical (unpaired) electrons. The molecule has 3 heterocycles. The first-order chi connectivity index (χ1) is 13.2. The molecule has 1 aromatic carbocycles. The first-order valence-corrected chi connectivity index (χ1v) is 10.4. The van der Waals surface area contributed by atoms with Crippen molar-refractivity contribution in [2.24, 2.45) is 17.8 Å². The summed E-state index contributed by atoms with van der Waals surface area (Å²) in [6, 6.07) is 4.88. The highest BCUT2D eigenvalue weighted by atomic mass is 35.5. The summed E-state index contributed by atoms with van der Waals surface area (Å²) in [5.41, 5.74) is -0.0503. The standard InChI is InChI=1S/C21H26ClN3O3/c1-5-11(4)25-18(26)15-14(9-10(2)3)24-21(16(15)19(25)27)12-7-6-8-13(22)17(12)23-20(21)28/h6-8,10-11,14-16,24H,5,9H2,1-4H3,(H,23,28)/t11-,14-,15-,16+,21+/m1/s1. The summed E-state index contributed by atoms with van der Waals surface area (Å²) >= 11 is 6.32. The van der Waals surface area contributed by atoms with Gasteiger partial charge in [0, 0.05) is 17.6 Å². The molecule has 2 fully saturated rings. The van der Waals surface area contributed by atoms with Crippen molar-refractivity contribution in [1.29, 1.82) is 0 Å². The molecule has 0 bridgehead atoms. The molecule has 6 nitrogen and oxygen atoms in total. The average molecular weight is 404 g/mol. The second kappa shape index (κ2) is 6.56. The molecule has 3 amide bonds. The Balaban J connectivity index is 1.89. The second-order valence-corrected chi connectivity index (χ2v) is 9.02. The van der Waals surface area contributed by atoms with Crippen molar-refractivity contribution in [3.63, 3.8) is 0 Å². The number of carbonyl (C=O) groups is 3. The zero-order valence-corrected chi connectivity index (χ0v) is 17.3. The molecule has 150 valence electrons. The molecule has 7 heteroatoms. The third-order valence-electron chi connectivity index (χ3n) is 6.49. The van der Waals surface area contributed by atoms with Gasteiger partial charge in [0.05, 0.1) is 22.5 Å². The van der Waals surface area contributed by atoms with Gasteiger partial charge in [-0.05, 0) is 31.7 Å². The van der Waals surface area contributed by atoms with Gasteiger partial charge in [0.2, 0.25) is 17.7 Å². The summed E-state index contributed by atoms with van der Waals surface area (Å²) in [5, 5.41) is 6.73. The Bertz CT molecular complexity index is 870. The fourth-order valence-corrected chi connectivity index (χ4v) is 5.36. The normalized spacial score (nSPS) is 32.3. The van der Waals surface area contributed by atoms with Crippen LogP contribution in [0.4, 0.5) is 5.69 Å². The molecule has 4 rings (SSSR count). The van der Waals surface area contributed by atoms with Gasteiger partial charge < -0.3 is 5.32 Å². The van der Waals surface area contributed by atoms with E-state index in [0.29, 0.717) is 35.0 Å². The van der Waals surface area contributed by atoms with Crippen molar-refractivity contribution in [3.8, 4) is 0 Å². The number of halogens is 1. The lowest BCUT2D eigenvalue weighted by Gasteiger charge is -2.31. The molecule has 5 atom stereocenters. The van der Waals surface area contributed by atoms with E-state index in [1.54, 1.807) is 12.1 Å². The van der Waals surface area contributed by atoms with Gasteiger partial charge in [-0.25, -0.2) is 0 Å². The van der Waals surface area contributed by atoms with Crippen LogP contribution in [0.5, 0.6) is 0 Å². The zero-order valence-electron chi connectivity index (χ0n) is 16.6. The molecule has 0 unspecified atom stereocenters. The Morgan fingerprint density at radius 1 is 1.18 bits per heavy atom. The Kier molecular flexibility index (Phi) is 4.55. The lowest BCUT2D eigenvalue weighted by molar-refractivity contribution is -0.145. The third-order valence-corrected chi connectivity index (χ3v) is 6.81. The topological polar surface area (TPSA) is 78.5 Å². The molecule has 28 heavy (non-hydrogen) atoms. The first kappa shape index (κ1) is 19.4. The van der Waals surface area contributed by atoms with Crippen LogP contribution in [0, 0.1) is 17.8 Å². The predicted molar refractivity (Wildman–Crippen MR) is 107 cm³/mol. The van der Waals surface area contributed by atoms with Crippen LogP contribution in [0.2, 0.25) is 5.02 Å². The smallest absolute Gasteiger partial charge is 0.250 e. The minimum absolute atomic E-state index is 0.164. The first-order valence-electron chi connectivity index (χ1n) is 9.99. The number of amides is 3. The van der Waals surface area contributed by atoms with Gasteiger partial charge in [-0.3, -0.25) is 24.6 Å². The maximum Gasteiger partial charge on any atom is 0.250 e. The number of rotatable bonds is 4. The summed E-state index contributed by atoms with van der Waals surface area (Å²) in [7, 11) is 0. The van der Waals surface area contributed by atoms with Crippen LogP contribution >= 0.6 is 11.6 Å². The van der Waals surface area contributed by atoms with Gasteiger partial charge in [-0.2, -0.15) is 0 Å². The molecule has 0 aromatic heterocycles. The summed E-state index contributed by atoms with van der Waals surface area (Å²) in [5.74, 6) is -1.70. The summed E-state index contributed by atoms with van der Waals surface area (Å²) in [4.78, 5) is 41.5. The average Bonchev–Trinajstić information content (AvgIpc) is 3.21. The zero-order chi connectivity index (χ0) is 20.4. The van der Waals surface area contributed by atoms with E-state index in [9.17, 15) is 14.4 Å². The van der Waals surface area contributed by atoms with Gasteiger partial charge in [0.15, 0.2) is 0 Å². The molecule has 0 aliphatic carbocycles. The molecule has 0 saturated carbocycles. The van der Waals surface area contributed by atoms with E-state index in [0.717, 1.165) is 0 Å². The van der Waals surface area contributed by atoms with E-state index in [4.69, 9.17) is 11.6 Å². The maximum atomic E-state index is 13.5. The number of anilines is 1. The van der Waals surface area contributed by atoms with E-state index < -0.39 is 17.4 Å². The number of nitrogens with one attached hydrogen (secondary N) is 2. The largest absolute Gasteiger partial charge is 0.323 e. The Labute approximate surface area is 170 Å². The minimum Gasteiger partial charge on any atom is -0.323 e. The fourth-order valence-electron chi connectivity index (χ4n) is 5.14. The SMILES string of the molecule is CC[C@@H](C)N1C(=O)[C@H]2[C@@H](C1=O)[C@]1(N[C@@H]2CC(C)C)C(=O)Nc2c(Cl)cccc21. The molecule has 3 aliphatic heterocycles. The highest BCUT2D eigenvalue weighted by molar-refractivity contribution is 6.35. The van der Waals surface area contributed by atoms with E-state index in [-0.39, 0.29) is 29.8 Å². The quantitative estimate of drug-likeness (QED) is 0.757. The van der Waals surface area contributed by atoms with Crippen molar-refractivity contribution < 1.29 is 14.4 Å². The number of para-hydroxylation sites is 1. The molecule has 3 aliphatic rings. The van der Waals surface area contributed by atoms with Crippen LogP contribution in [0.25, 0.3) is 0 Å². The highest BCUT2D eigenvalue weighted by Crippen LogP contribution is 2.55. The Morgan fingerprint density at radius 3 is 2.54 bits per heavy atom. The number of fused-ring (bicyclic) bond motifs is 4. The second-order valence-electron chi connectivity index (χ2n) is 8.61. The Morgan fingerprint density at radius 2 is 1.89 bits per heavy atom. The van der Waals surface area contributed by atoms with Gasteiger partial charge in [0.1, 0.15) is 5.54 Å². The Hall–Kier alpha value is -1.92. The number of nitrogens with zero attached hydrogens (tertiary/aromatic N) is 1. The van der Waals surface area contributed by atoms with Crippen LogP contribution in [0.3, 0.4) is 0 Å². The molecular formula is C21H26ClN3O3. The van der Waals surface area contributed by atoms with Crippen LogP contribution in [0.15, 0.2) is 18.2 Å². The van der Waals surface area contributed by atoms with Crippen molar-refractivity contribution in [3.05, 3.63) is 28.8 Å². The molecule has 1 spiro atoms. The van der Waals surface area contributed by atoms with Crippen LogP contribution in [-0.4, -0.2) is 34.7 Å². The number of benzene rings is 1. The van der Waals surface area contributed by atoms with Crippen LogP contribution in [0.1, 0.15) is 46.1 Å². The van der Waals surface area contributed by atoms with Gasteiger partial charge in [-0.15, -0.1) is 0 Å².